The van der Waals surface area contributed by atoms with Gasteiger partial charge in [0, 0.05) is 24.0 Å². The van der Waals surface area contributed by atoms with E-state index in [4.69, 9.17) is 0 Å². The molecule has 0 spiro atoms. The Hall–Kier alpha value is -2.44. The largest absolute Gasteiger partial charge is 0.0979 e. The molecule has 0 nitrogen and oxygen atoms in total. The van der Waals surface area contributed by atoms with Crippen molar-refractivity contribution >= 4 is 0 Å². The molecule has 0 aromatic heterocycles. The monoisotopic (exact) mass is 776 g/mol. The lowest BCUT2D eigenvalue weighted by Crippen LogP contribution is -2.10. The Kier molecular flexibility index (Phi) is 33.6. The zero-order chi connectivity index (χ0) is 40.7. The van der Waals surface area contributed by atoms with Crippen molar-refractivity contribution < 1.29 is 0 Å². The molecule has 319 valence electrons. The summed E-state index contributed by atoms with van der Waals surface area (Å²) in [5, 5.41) is 0. The fraction of sp³-hybridized carbons (Fsp3) is 0.702. The van der Waals surface area contributed by atoms with E-state index in [-0.39, 0.29) is 0 Å². The lowest BCUT2D eigenvalue weighted by Gasteiger charge is -2.21. The van der Waals surface area contributed by atoms with Crippen molar-refractivity contribution in [3.63, 3.8) is 0 Å². The van der Waals surface area contributed by atoms with E-state index in [1.165, 1.54) is 221 Å². The minimum absolute atomic E-state index is 0.410. The maximum atomic E-state index is 3.50. The van der Waals surface area contributed by atoms with E-state index in [9.17, 15) is 0 Å². The van der Waals surface area contributed by atoms with E-state index in [0.29, 0.717) is 11.8 Å². The van der Waals surface area contributed by atoms with Crippen LogP contribution < -0.4 is 0 Å². The highest BCUT2D eigenvalue weighted by Crippen LogP contribution is 2.29. The molecule has 2 atom stereocenters. The third-order valence-electron chi connectivity index (χ3n) is 12.1. The molecule has 0 bridgehead atoms. The molecule has 0 saturated heterocycles. The van der Waals surface area contributed by atoms with Crippen LogP contribution in [0, 0.1) is 36.0 Å². The average Bonchev–Trinajstić information content (AvgIpc) is 3.22. The zero-order valence-electron chi connectivity index (χ0n) is 38.4. The molecule has 2 rings (SSSR count). The summed E-state index contributed by atoms with van der Waals surface area (Å²) in [5.74, 6) is 14.9. The van der Waals surface area contributed by atoms with E-state index in [0.717, 1.165) is 19.3 Å². The maximum absolute atomic E-state index is 3.50. The summed E-state index contributed by atoms with van der Waals surface area (Å²) in [6, 6.07) is 18.1. The Bertz CT molecular complexity index is 1310. The van der Waals surface area contributed by atoms with Crippen molar-refractivity contribution in [1.82, 2.24) is 0 Å². The Morgan fingerprint density at radius 2 is 0.825 bits per heavy atom. The molecule has 1 radical (unpaired) electrons. The number of benzene rings is 2. The topological polar surface area (TPSA) is 0 Å². The molecule has 0 saturated carbocycles. The summed E-state index contributed by atoms with van der Waals surface area (Å²) < 4.78 is 0. The fourth-order valence-corrected chi connectivity index (χ4v) is 8.38. The molecule has 2 aromatic rings. The number of rotatable bonds is 36. The molecule has 57 heavy (non-hydrogen) atoms. The second kappa shape index (κ2) is 37.8. The Morgan fingerprint density at radius 1 is 0.439 bits per heavy atom. The Labute approximate surface area is 357 Å². The van der Waals surface area contributed by atoms with Crippen LogP contribution in [0.1, 0.15) is 268 Å². The van der Waals surface area contributed by atoms with Crippen LogP contribution in [0.2, 0.25) is 0 Å². The molecule has 0 amide bonds. The zero-order valence-corrected chi connectivity index (χ0v) is 38.4. The van der Waals surface area contributed by atoms with Gasteiger partial charge in [-0.15, -0.1) is 0 Å². The van der Waals surface area contributed by atoms with Crippen LogP contribution in [0.15, 0.2) is 48.5 Å². The molecular formula is C57H91. The second-order valence-electron chi connectivity index (χ2n) is 17.7. The molecule has 0 fully saturated rings. The summed E-state index contributed by atoms with van der Waals surface area (Å²) in [5.41, 5.74) is 5.16. The summed E-state index contributed by atoms with van der Waals surface area (Å²) in [6.45, 7) is 9.29. The SMILES string of the molecule is CCCCCCCCCCCCCCCCC#Cc1cccc(CC([CH]C(C)c2cccc(C#CCCCCCCCCCCCCCCCC)c2)CCCC)c1. The highest BCUT2D eigenvalue weighted by molar-refractivity contribution is 5.39. The highest BCUT2D eigenvalue weighted by Gasteiger charge is 2.16. The van der Waals surface area contributed by atoms with Crippen molar-refractivity contribution in [3.8, 4) is 23.7 Å². The van der Waals surface area contributed by atoms with Crippen LogP contribution in [-0.2, 0) is 6.42 Å². The second-order valence-corrected chi connectivity index (χ2v) is 17.7. The highest BCUT2D eigenvalue weighted by atomic mass is 14.2. The van der Waals surface area contributed by atoms with E-state index >= 15 is 0 Å². The molecule has 0 aliphatic carbocycles. The van der Waals surface area contributed by atoms with Crippen LogP contribution in [0.25, 0.3) is 0 Å². The van der Waals surface area contributed by atoms with Gasteiger partial charge in [-0.05, 0) is 79.3 Å². The van der Waals surface area contributed by atoms with Crippen molar-refractivity contribution in [3.05, 3.63) is 77.2 Å². The maximum Gasteiger partial charge on any atom is 0.0248 e. The van der Waals surface area contributed by atoms with Crippen molar-refractivity contribution in [2.45, 2.75) is 252 Å². The normalized spacial score (nSPS) is 12.1. The number of unbranched alkanes of at least 4 members (excludes halogenated alkanes) is 29. The molecule has 0 aliphatic heterocycles. The molecule has 0 heterocycles. The molecule has 0 N–H and O–H groups in total. The van der Waals surface area contributed by atoms with E-state index < -0.39 is 0 Å². The third kappa shape index (κ3) is 29.4. The van der Waals surface area contributed by atoms with Crippen molar-refractivity contribution in [2.24, 2.45) is 5.92 Å². The van der Waals surface area contributed by atoms with Crippen molar-refractivity contribution in [2.75, 3.05) is 0 Å². The van der Waals surface area contributed by atoms with Gasteiger partial charge in [-0.3, -0.25) is 0 Å². The van der Waals surface area contributed by atoms with Gasteiger partial charge < -0.3 is 0 Å². The predicted octanol–water partition coefficient (Wildman–Crippen LogP) is 18.5. The first-order chi connectivity index (χ1) is 28.2. The molecule has 0 heteroatoms. The molecule has 2 aromatic carbocycles. The summed E-state index contributed by atoms with van der Waals surface area (Å²) in [6.07, 6.45) is 48.8. The molecular weight excluding hydrogens is 685 g/mol. The first-order valence-electron chi connectivity index (χ1n) is 25.2. The fourth-order valence-electron chi connectivity index (χ4n) is 8.38. The smallest absolute Gasteiger partial charge is 0.0248 e. The summed E-state index contributed by atoms with van der Waals surface area (Å²) in [4.78, 5) is 0. The number of hydrogen-bond acceptors (Lipinski definition) is 0. The van der Waals surface area contributed by atoms with E-state index in [2.05, 4.69) is 106 Å². The van der Waals surface area contributed by atoms with Crippen LogP contribution in [-0.4, -0.2) is 0 Å². The van der Waals surface area contributed by atoms with Gasteiger partial charge in [0.15, 0.2) is 0 Å². The van der Waals surface area contributed by atoms with Gasteiger partial charge in [-0.2, -0.15) is 0 Å². The molecule has 2 unspecified atom stereocenters. The molecule has 0 aliphatic rings. The average molecular weight is 776 g/mol. The van der Waals surface area contributed by atoms with Crippen LogP contribution in [0.3, 0.4) is 0 Å². The lowest BCUT2D eigenvalue weighted by molar-refractivity contribution is 0.494. The summed E-state index contributed by atoms with van der Waals surface area (Å²) >= 11 is 0. The van der Waals surface area contributed by atoms with Crippen LogP contribution in [0.5, 0.6) is 0 Å². The summed E-state index contributed by atoms with van der Waals surface area (Å²) in [7, 11) is 0. The quantitative estimate of drug-likeness (QED) is 0.0478. The minimum atomic E-state index is 0.410. The van der Waals surface area contributed by atoms with Gasteiger partial charge in [-0.1, -0.05) is 255 Å². The van der Waals surface area contributed by atoms with Crippen molar-refractivity contribution in [1.29, 1.82) is 0 Å². The number of hydrogen-bond donors (Lipinski definition) is 0. The van der Waals surface area contributed by atoms with Gasteiger partial charge in [0.05, 0.1) is 0 Å². The van der Waals surface area contributed by atoms with Crippen LogP contribution >= 0.6 is 0 Å². The van der Waals surface area contributed by atoms with E-state index in [1.807, 2.05) is 0 Å². The Balaban J connectivity index is 1.65. The van der Waals surface area contributed by atoms with E-state index in [1.54, 1.807) is 0 Å². The van der Waals surface area contributed by atoms with Gasteiger partial charge in [0.2, 0.25) is 0 Å². The Morgan fingerprint density at radius 3 is 1.26 bits per heavy atom. The van der Waals surface area contributed by atoms with Gasteiger partial charge >= 0.3 is 0 Å². The minimum Gasteiger partial charge on any atom is -0.0979 e. The lowest BCUT2D eigenvalue weighted by atomic mass is 9.83. The third-order valence-corrected chi connectivity index (χ3v) is 12.1. The van der Waals surface area contributed by atoms with Gasteiger partial charge in [0.1, 0.15) is 0 Å². The first-order valence-corrected chi connectivity index (χ1v) is 25.2. The van der Waals surface area contributed by atoms with Gasteiger partial charge in [0.25, 0.3) is 0 Å². The van der Waals surface area contributed by atoms with Gasteiger partial charge in [-0.25, -0.2) is 0 Å². The van der Waals surface area contributed by atoms with Crippen LogP contribution in [0.4, 0.5) is 0 Å². The standard InChI is InChI=1S/C57H91/c1-5-8-11-13-15-17-19-21-23-25-27-29-31-33-35-37-42-53-44-39-46-56(49-53)50-55(41-10-7-3)48-52(4)57-47-40-45-54(51-57)43-38-36-34-32-30-28-26-24-22-20-18-16-14-12-9-6-2/h39-40,44-49,51-52,55H,5-36,41,50H2,1-4H3. The predicted molar refractivity (Wildman–Crippen MR) is 256 cm³/mol. The first kappa shape index (κ1) is 50.7.